The Morgan fingerprint density at radius 1 is 1.16 bits per heavy atom. The van der Waals surface area contributed by atoms with E-state index in [1.165, 1.54) is 28.0 Å². The number of halogens is 1. The smallest absolute Gasteiger partial charge is 0.246 e. The number of hydrazone groups is 1. The molecule has 32 heavy (non-hydrogen) atoms. The number of imidazole rings is 1. The van der Waals surface area contributed by atoms with E-state index in [1.54, 1.807) is 0 Å². The van der Waals surface area contributed by atoms with Crippen molar-refractivity contribution in [1.82, 2.24) is 14.8 Å². The lowest BCUT2D eigenvalue weighted by atomic mass is 10.2. The van der Waals surface area contributed by atoms with Crippen LogP contribution in [0.5, 0.6) is 0 Å². The SMILES string of the molecule is O=C(Cc1csc2nc(-c3ccc(Br)cc3)cn12)N/N=C1/SCC(=O)N1c1ccccc1. The fourth-order valence-corrected chi connectivity index (χ4v) is 5.27. The number of thiazole rings is 1. The number of amides is 2. The zero-order chi connectivity index (χ0) is 22.1. The van der Waals surface area contributed by atoms with Gasteiger partial charge in [-0.2, -0.15) is 0 Å². The number of benzene rings is 2. The van der Waals surface area contributed by atoms with Gasteiger partial charge in [-0.05, 0) is 24.3 Å². The highest BCUT2D eigenvalue weighted by molar-refractivity contribution is 9.10. The van der Waals surface area contributed by atoms with Gasteiger partial charge in [0.15, 0.2) is 10.1 Å². The number of carbonyl (C=O) groups excluding carboxylic acids is 2. The van der Waals surface area contributed by atoms with Gasteiger partial charge in [-0.25, -0.2) is 10.4 Å². The van der Waals surface area contributed by atoms with E-state index in [9.17, 15) is 9.59 Å². The molecule has 0 unspecified atom stereocenters. The summed E-state index contributed by atoms with van der Waals surface area (Å²) in [6, 6.07) is 17.2. The number of nitrogens with zero attached hydrogens (tertiary/aromatic N) is 4. The van der Waals surface area contributed by atoms with Gasteiger partial charge in [0.1, 0.15) is 0 Å². The topological polar surface area (TPSA) is 79.1 Å². The van der Waals surface area contributed by atoms with Crippen molar-refractivity contribution in [3.63, 3.8) is 0 Å². The third kappa shape index (κ3) is 4.21. The fourth-order valence-electron chi connectivity index (χ4n) is 3.31. The standard InChI is InChI=1S/C22H16BrN5O2S2/c23-15-8-6-14(7-9-15)18-11-27-17(12-31-21(27)24-18)10-19(29)25-26-22-28(20(30)13-32-22)16-4-2-1-3-5-16/h1-9,11-12H,10,13H2,(H,25,29)/b26-22+. The number of para-hydroxylation sites is 1. The molecule has 3 heterocycles. The van der Waals surface area contributed by atoms with Crippen LogP contribution in [0.3, 0.4) is 0 Å². The van der Waals surface area contributed by atoms with Crippen molar-refractivity contribution in [3.8, 4) is 11.3 Å². The Morgan fingerprint density at radius 2 is 1.94 bits per heavy atom. The van der Waals surface area contributed by atoms with Crippen molar-refractivity contribution in [1.29, 1.82) is 0 Å². The average molecular weight is 526 g/mol. The summed E-state index contributed by atoms with van der Waals surface area (Å²) in [4.78, 5) is 31.9. The molecule has 2 aromatic carbocycles. The molecule has 1 aliphatic heterocycles. The summed E-state index contributed by atoms with van der Waals surface area (Å²) in [6.07, 6.45) is 2.09. The van der Waals surface area contributed by atoms with Crippen molar-refractivity contribution in [2.45, 2.75) is 6.42 Å². The van der Waals surface area contributed by atoms with Crippen LogP contribution in [0.15, 0.2) is 75.7 Å². The van der Waals surface area contributed by atoms with E-state index in [-0.39, 0.29) is 18.2 Å². The Hall–Kier alpha value is -2.95. The lowest BCUT2D eigenvalue weighted by Crippen LogP contribution is -2.31. The van der Waals surface area contributed by atoms with Crippen LogP contribution in [0.25, 0.3) is 16.2 Å². The van der Waals surface area contributed by atoms with Crippen LogP contribution in [-0.4, -0.2) is 32.1 Å². The van der Waals surface area contributed by atoms with E-state index in [0.717, 1.165) is 32.1 Å². The van der Waals surface area contributed by atoms with Gasteiger partial charge in [-0.15, -0.1) is 16.4 Å². The average Bonchev–Trinajstić information content (AvgIpc) is 3.49. The van der Waals surface area contributed by atoms with E-state index in [0.29, 0.717) is 10.9 Å². The molecule has 1 N–H and O–H groups in total. The van der Waals surface area contributed by atoms with Gasteiger partial charge in [0.05, 0.1) is 23.6 Å². The van der Waals surface area contributed by atoms with Crippen LogP contribution >= 0.6 is 39.0 Å². The van der Waals surface area contributed by atoms with E-state index >= 15 is 0 Å². The Bertz CT molecular complexity index is 1330. The number of thioether (sulfide) groups is 1. The van der Waals surface area contributed by atoms with Crippen molar-refractivity contribution < 1.29 is 9.59 Å². The van der Waals surface area contributed by atoms with Gasteiger partial charge in [-0.1, -0.05) is 58.0 Å². The summed E-state index contributed by atoms with van der Waals surface area (Å²) in [5.74, 6) is -0.0282. The highest BCUT2D eigenvalue weighted by atomic mass is 79.9. The number of carbonyl (C=O) groups is 2. The maximum atomic E-state index is 12.6. The summed E-state index contributed by atoms with van der Waals surface area (Å²) >= 11 is 6.23. The predicted molar refractivity (Wildman–Crippen MR) is 132 cm³/mol. The van der Waals surface area contributed by atoms with Crippen molar-refractivity contribution in [2.75, 3.05) is 10.7 Å². The van der Waals surface area contributed by atoms with Crippen LogP contribution in [-0.2, 0) is 16.0 Å². The molecule has 1 saturated heterocycles. The van der Waals surface area contributed by atoms with Gasteiger partial charge in [0.25, 0.3) is 0 Å². The Kier molecular flexibility index (Phi) is 5.81. The molecule has 2 amide bonds. The monoisotopic (exact) mass is 525 g/mol. The van der Waals surface area contributed by atoms with Crippen LogP contribution in [0.2, 0.25) is 0 Å². The van der Waals surface area contributed by atoms with Gasteiger partial charge >= 0.3 is 0 Å². The quantitative estimate of drug-likeness (QED) is 0.388. The number of anilines is 1. The first-order chi connectivity index (χ1) is 15.6. The molecule has 0 radical (unpaired) electrons. The predicted octanol–water partition coefficient (Wildman–Crippen LogP) is 4.54. The lowest BCUT2D eigenvalue weighted by Gasteiger charge is -2.15. The van der Waals surface area contributed by atoms with Crippen LogP contribution in [0.4, 0.5) is 5.69 Å². The molecule has 0 spiro atoms. The minimum atomic E-state index is -0.260. The van der Waals surface area contributed by atoms with Crippen LogP contribution in [0, 0.1) is 0 Å². The molecule has 1 aliphatic rings. The third-order valence-electron chi connectivity index (χ3n) is 4.82. The van der Waals surface area contributed by atoms with Crippen LogP contribution < -0.4 is 10.3 Å². The van der Waals surface area contributed by atoms with Crippen molar-refractivity contribution in [3.05, 3.63) is 76.3 Å². The summed E-state index contributed by atoms with van der Waals surface area (Å²) < 4.78 is 2.94. The van der Waals surface area contributed by atoms with Gasteiger partial charge in [-0.3, -0.25) is 18.9 Å². The first-order valence-electron chi connectivity index (χ1n) is 9.67. The zero-order valence-electron chi connectivity index (χ0n) is 16.6. The van der Waals surface area contributed by atoms with Crippen molar-refractivity contribution >= 4 is 66.7 Å². The van der Waals surface area contributed by atoms with E-state index in [2.05, 4.69) is 31.4 Å². The van der Waals surface area contributed by atoms with Crippen molar-refractivity contribution in [2.24, 2.45) is 5.10 Å². The van der Waals surface area contributed by atoms with E-state index in [1.807, 2.05) is 70.6 Å². The molecule has 4 aromatic rings. The van der Waals surface area contributed by atoms with Gasteiger partial charge < -0.3 is 0 Å². The maximum Gasteiger partial charge on any atom is 0.246 e. The molecule has 5 rings (SSSR count). The summed E-state index contributed by atoms with van der Waals surface area (Å²) in [5.41, 5.74) is 6.01. The minimum absolute atomic E-state index is 0.0624. The number of nitrogens with one attached hydrogen (secondary N) is 1. The molecule has 0 bridgehead atoms. The number of hydrogen-bond donors (Lipinski definition) is 1. The highest BCUT2D eigenvalue weighted by Gasteiger charge is 2.30. The fraction of sp³-hybridized carbons (Fsp3) is 0.0909. The normalized spacial score (nSPS) is 15.1. The van der Waals surface area contributed by atoms with E-state index < -0.39 is 0 Å². The number of hydrogen-bond acceptors (Lipinski definition) is 6. The first-order valence-corrected chi connectivity index (χ1v) is 12.3. The number of rotatable bonds is 5. The number of aromatic nitrogens is 2. The second-order valence-corrected chi connectivity index (χ2v) is 9.67. The number of fused-ring (bicyclic) bond motifs is 1. The van der Waals surface area contributed by atoms with Crippen LogP contribution in [0.1, 0.15) is 5.69 Å². The third-order valence-corrected chi connectivity index (χ3v) is 7.16. The van der Waals surface area contributed by atoms with Gasteiger partial charge in [0, 0.05) is 27.3 Å². The maximum absolute atomic E-state index is 12.6. The van der Waals surface area contributed by atoms with Gasteiger partial charge in [0.2, 0.25) is 11.8 Å². The largest absolute Gasteiger partial charge is 0.294 e. The molecule has 160 valence electrons. The second-order valence-electron chi connectivity index (χ2n) is 6.97. The molecule has 0 atom stereocenters. The Labute approximate surface area is 200 Å². The molecule has 0 saturated carbocycles. The molecular weight excluding hydrogens is 510 g/mol. The molecule has 0 aliphatic carbocycles. The zero-order valence-corrected chi connectivity index (χ0v) is 19.8. The summed E-state index contributed by atoms with van der Waals surface area (Å²) in [7, 11) is 0. The number of amidine groups is 1. The van der Waals surface area contributed by atoms with E-state index in [4.69, 9.17) is 0 Å². The minimum Gasteiger partial charge on any atom is -0.294 e. The summed E-state index contributed by atoms with van der Waals surface area (Å²) in [6.45, 7) is 0. The molecular formula is C22H16BrN5O2S2. The highest BCUT2D eigenvalue weighted by Crippen LogP contribution is 2.27. The second kappa shape index (κ2) is 8.89. The Balaban J connectivity index is 1.31. The molecule has 10 heteroatoms. The lowest BCUT2D eigenvalue weighted by molar-refractivity contribution is -0.120. The molecule has 7 nitrogen and oxygen atoms in total. The Morgan fingerprint density at radius 3 is 2.72 bits per heavy atom. The first kappa shape index (κ1) is 20.9. The molecule has 1 fully saturated rings. The summed E-state index contributed by atoms with van der Waals surface area (Å²) in [5, 5.41) is 6.60. The molecule has 2 aromatic heterocycles.